The summed E-state index contributed by atoms with van der Waals surface area (Å²) in [5.41, 5.74) is 0.780. The summed E-state index contributed by atoms with van der Waals surface area (Å²) in [5.74, 6) is 0.0985. The van der Waals surface area contributed by atoms with Gasteiger partial charge in [-0.15, -0.1) is 0 Å². The number of hydrogen-bond donors (Lipinski definition) is 1. The maximum absolute atomic E-state index is 12.7. The zero-order valence-electron chi connectivity index (χ0n) is 11.5. The summed E-state index contributed by atoms with van der Waals surface area (Å²) < 4.78 is 5.81. The Kier molecular flexibility index (Phi) is 5.43. The van der Waals surface area contributed by atoms with E-state index < -0.39 is 0 Å². The van der Waals surface area contributed by atoms with Crippen LogP contribution in [0.5, 0.6) is 0 Å². The van der Waals surface area contributed by atoms with Gasteiger partial charge >= 0.3 is 0 Å². The van der Waals surface area contributed by atoms with Gasteiger partial charge in [-0.2, -0.15) is 11.8 Å². The molecule has 3 nitrogen and oxygen atoms in total. The van der Waals surface area contributed by atoms with Gasteiger partial charge in [-0.3, -0.25) is 4.79 Å². The molecular formula is C15H21NO2S. The van der Waals surface area contributed by atoms with E-state index in [1.54, 1.807) is 11.8 Å². The first-order valence-electron chi connectivity index (χ1n) is 6.68. The molecule has 1 aromatic carbocycles. The van der Waals surface area contributed by atoms with Crippen LogP contribution in [0.2, 0.25) is 0 Å². The second-order valence-electron chi connectivity index (χ2n) is 4.81. The first-order chi connectivity index (χ1) is 9.24. The maximum atomic E-state index is 12.7. The molecule has 1 aliphatic rings. The van der Waals surface area contributed by atoms with E-state index in [1.165, 1.54) is 0 Å². The Morgan fingerprint density at radius 2 is 2.16 bits per heavy atom. The summed E-state index contributed by atoms with van der Waals surface area (Å²) in [6.45, 7) is 4.42. The van der Waals surface area contributed by atoms with Gasteiger partial charge in [0.15, 0.2) is 5.78 Å². The molecule has 0 amide bonds. The molecule has 3 unspecified atom stereocenters. The number of Topliss-reactive ketones (excluding diaryl/α,β-unsaturated/α-hetero) is 1. The highest BCUT2D eigenvalue weighted by atomic mass is 32.2. The SMILES string of the molecule is CSC(C)C(C(=O)c1ccccc1)C1CNCCO1. The Morgan fingerprint density at radius 1 is 1.42 bits per heavy atom. The monoisotopic (exact) mass is 279 g/mol. The lowest BCUT2D eigenvalue weighted by Gasteiger charge is -2.33. The second kappa shape index (κ2) is 7.08. The van der Waals surface area contributed by atoms with E-state index >= 15 is 0 Å². The van der Waals surface area contributed by atoms with Crippen molar-refractivity contribution in [3.63, 3.8) is 0 Å². The summed E-state index contributed by atoms with van der Waals surface area (Å²) >= 11 is 1.72. The average Bonchev–Trinajstić information content (AvgIpc) is 2.49. The molecule has 1 aromatic rings. The fourth-order valence-electron chi connectivity index (χ4n) is 2.44. The normalized spacial score (nSPS) is 22.7. The van der Waals surface area contributed by atoms with Crippen molar-refractivity contribution >= 4 is 17.5 Å². The molecule has 0 bridgehead atoms. The van der Waals surface area contributed by atoms with E-state index in [0.717, 1.165) is 18.7 Å². The van der Waals surface area contributed by atoms with Gasteiger partial charge in [0.25, 0.3) is 0 Å². The van der Waals surface area contributed by atoms with Crippen LogP contribution in [0.15, 0.2) is 30.3 Å². The molecule has 3 atom stereocenters. The zero-order valence-corrected chi connectivity index (χ0v) is 12.3. The number of benzene rings is 1. The highest BCUT2D eigenvalue weighted by Gasteiger charge is 2.35. The molecule has 1 heterocycles. The van der Waals surface area contributed by atoms with Crippen LogP contribution in [0.4, 0.5) is 0 Å². The third kappa shape index (κ3) is 3.59. The molecule has 1 aliphatic heterocycles. The lowest BCUT2D eigenvalue weighted by atomic mass is 9.89. The lowest BCUT2D eigenvalue weighted by Crippen LogP contribution is -2.48. The van der Waals surface area contributed by atoms with Gasteiger partial charge in [0.05, 0.1) is 18.6 Å². The summed E-state index contributed by atoms with van der Waals surface area (Å²) in [5, 5.41) is 3.56. The number of ketones is 1. The highest BCUT2D eigenvalue weighted by molar-refractivity contribution is 7.99. The van der Waals surface area contributed by atoms with Gasteiger partial charge in [-0.25, -0.2) is 0 Å². The van der Waals surface area contributed by atoms with Crippen LogP contribution < -0.4 is 5.32 Å². The first kappa shape index (κ1) is 14.6. The quantitative estimate of drug-likeness (QED) is 0.839. The molecule has 0 saturated carbocycles. The Labute approximate surface area is 119 Å². The Morgan fingerprint density at radius 3 is 2.74 bits per heavy atom. The van der Waals surface area contributed by atoms with Crippen LogP contribution in [0.3, 0.4) is 0 Å². The van der Waals surface area contributed by atoms with Crippen molar-refractivity contribution in [3.8, 4) is 0 Å². The molecule has 19 heavy (non-hydrogen) atoms. The van der Waals surface area contributed by atoms with E-state index in [1.807, 2.05) is 36.6 Å². The number of ether oxygens (including phenoxy) is 1. The Balaban J connectivity index is 2.19. The summed E-state index contributed by atoms with van der Waals surface area (Å²) in [6, 6.07) is 9.53. The molecule has 0 radical (unpaired) electrons. The first-order valence-corrected chi connectivity index (χ1v) is 7.97. The average molecular weight is 279 g/mol. The molecule has 0 aromatic heterocycles. The lowest BCUT2D eigenvalue weighted by molar-refractivity contribution is -0.00380. The van der Waals surface area contributed by atoms with Crippen molar-refractivity contribution in [2.45, 2.75) is 18.3 Å². The number of morpholine rings is 1. The molecule has 0 spiro atoms. The molecule has 4 heteroatoms. The van der Waals surface area contributed by atoms with Crippen LogP contribution in [-0.2, 0) is 4.74 Å². The fourth-order valence-corrected chi connectivity index (χ4v) is 3.03. The van der Waals surface area contributed by atoms with Crippen LogP contribution in [0.25, 0.3) is 0 Å². The standard InChI is InChI=1S/C15H21NO2S/c1-11(19-2)14(13-10-16-8-9-18-13)15(17)12-6-4-3-5-7-12/h3-7,11,13-14,16H,8-10H2,1-2H3. The summed E-state index contributed by atoms with van der Waals surface area (Å²) in [4.78, 5) is 12.7. The van der Waals surface area contributed by atoms with Crippen LogP contribution in [0, 0.1) is 5.92 Å². The molecule has 2 rings (SSSR count). The number of carbonyl (C=O) groups excluding carboxylic acids is 1. The van der Waals surface area contributed by atoms with E-state index in [0.29, 0.717) is 6.61 Å². The smallest absolute Gasteiger partial charge is 0.169 e. The third-order valence-electron chi connectivity index (χ3n) is 3.60. The van der Waals surface area contributed by atoms with Gasteiger partial charge in [-0.05, 0) is 6.26 Å². The van der Waals surface area contributed by atoms with Gasteiger partial charge < -0.3 is 10.1 Å². The van der Waals surface area contributed by atoms with Crippen LogP contribution in [0.1, 0.15) is 17.3 Å². The zero-order chi connectivity index (χ0) is 13.7. The van der Waals surface area contributed by atoms with Gasteiger partial charge in [0.1, 0.15) is 0 Å². The number of hydrogen-bond acceptors (Lipinski definition) is 4. The summed E-state index contributed by atoms with van der Waals surface area (Å²) in [7, 11) is 0. The van der Waals surface area contributed by atoms with Crippen molar-refractivity contribution in [1.82, 2.24) is 5.32 Å². The number of carbonyl (C=O) groups is 1. The Bertz CT molecular complexity index is 404. The van der Waals surface area contributed by atoms with Crippen molar-refractivity contribution in [2.75, 3.05) is 26.0 Å². The Hall–Kier alpha value is -0.840. The number of rotatable bonds is 5. The molecule has 1 N–H and O–H groups in total. The number of nitrogens with one attached hydrogen (secondary N) is 1. The molecular weight excluding hydrogens is 258 g/mol. The fraction of sp³-hybridized carbons (Fsp3) is 0.533. The highest BCUT2D eigenvalue weighted by Crippen LogP contribution is 2.26. The minimum absolute atomic E-state index is 0.0242. The van der Waals surface area contributed by atoms with E-state index in [9.17, 15) is 4.79 Å². The van der Waals surface area contributed by atoms with Crippen LogP contribution in [-0.4, -0.2) is 43.1 Å². The minimum atomic E-state index is -0.0924. The maximum Gasteiger partial charge on any atom is 0.169 e. The van der Waals surface area contributed by atoms with Crippen molar-refractivity contribution in [3.05, 3.63) is 35.9 Å². The van der Waals surface area contributed by atoms with Crippen molar-refractivity contribution in [2.24, 2.45) is 5.92 Å². The minimum Gasteiger partial charge on any atom is -0.375 e. The second-order valence-corrected chi connectivity index (χ2v) is 6.03. The molecule has 1 saturated heterocycles. The van der Waals surface area contributed by atoms with E-state index in [2.05, 4.69) is 12.2 Å². The molecule has 0 aliphatic carbocycles. The van der Waals surface area contributed by atoms with Crippen molar-refractivity contribution in [1.29, 1.82) is 0 Å². The van der Waals surface area contributed by atoms with Gasteiger partial charge in [0.2, 0.25) is 0 Å². The molecule has 104 valence electrons. The number of thioether (sulfide) groups is 1. The van der Waals surface area contributed by atoms with E-state index in [-0.39, 0.29) is 23.1 Å². The van der Waals surface area contributed by atoms with Gasteiger partial charge in [-0.1, -0.05) is 37.3 Å². The topological polar surface area (TPSA) is 38.3 Å². The predicted octanol–water partition coefficient (Wildman–Crippen LogP) is 2.23. The summed E-state index contributed by atoms with van der Waals surface area (Å²) in [6.07, 6.45) is 2.02. The predicted molar refractivity (Wildman–Crippen MR) is 79.8 cm³/mol. The molecule has 1 fully saturated rings. The largest absolute Gasteiger partial charge is 0.375 e. The van der Waals surface area contributed by atoms with Gasteiger partial charge in [0, 0.05) is 23.9 Å². The third-order valence-corrected chi connectivity index (χ3v) is 4.63. The van der Waals surface area contributed by atoms with Crippen molar-refractivity contribution < 1.29 is 9.53 Å². The van der Waals surface area contributed by atoms with E-state index in [4.69, 9.17) is 4.74 Å². The van der Waals surface area contributed by atoms with Crippen LogP contribution >= 0.6 is 11.8 Å².